The average Bonchev–Trinajstić information content (AvgIpc) is 2.49. The highest BCUT2D eigenvalue weighted by Crippen LogP contribution is 2.09. The summed E-state index contributed by atoms with van der Waals surface area (Å²) in [5, 5.41) is 18.1. The minimum atomic E-state index is -0.186. The molecule has 0 fully saturated rings. The van der Waals surface area contributed by atoms with Crippen molar-refractivity contribution >= 4 is 11.9 Å². The first-order valence-corrected chi connectivity index (χ1v) is 6.87. The number of hydrogen-bond donors (Lipinski definition) is 4. The molecule has 0 atom stereocenters. The van der Waals surface area contributed by atoms with E-state index >= 15 is 0 Å². The molecule has 0 aliphatic carbocycles. The van der Waals surface area contributed by atoms with E-state index in [0.717, 1.165) is 6.54 Å². The molecule has 21 heavy (non-hydrogen) atoms. The van der Waals surface area contributed by atoms with Crippen LogP contribution in [0.15, 0.2) is 41.9 Å². The van der Waals surface area contributed by atoms with Gasteiger partial charge in [0.15, 0.2) is 5.96 Å². The minimum Gasteiger partial charge on any atom is -0.508 e. The first-order chi connectivity index (χ1) is 10.2. The molecule has 0 heterocycles. The van der Waals surface area contributed by atoms with E-state index in [4.69, 9.17) is 5.11 Å². The number of hydrogen-bond acceptors (Lipinski definition) is 3. The molecule has 1 rings (SSSR count). The van der Waals surface area contributed by atoms with Crippen LogP contribution in [0.25, 0.3) is 0 Å². The number of nitrogens with one attached hydrogen (secondary N) is 3. The highest BCUT2D eigenvalue weighted by atomic mass is 16.3. The summed E-state index contributed by atoms with van der Waals surface area (Å²) in [5.41, 5.74) is 0.508. The number of carbonyl (C=O) groups is 1. The predicted molar refractivity (Wildman–Crippen MR) is 84.6 cm³/mol. The van der Waals surface area contributed by atoms with Gasteiger partial charge in [-0.2, -0.15) is 0 Å². The monoisotopic (exact) mass is 290 g/mol. The number of guanidine groups is 1. The number of carbonyl (C=O) groups excluding carboxylic acids is 1. The third-order valence-electron chi connectivity index (χ3n) is 2.55. The number of phenolic OH excluding ortho intramolecular Hbond substituents is 1. The Morgan fingerprint density at radius 1 is 1.29 bits per heavy atom. The summed E-state index contributed by atoms with van der Waals surface area (Å²) in [5.74, 6) is 0.644. The molecule has 0 aromatic heterocycles. The van der Waals surface area contributed by atoms with Gasteiger partial charge in [-0.1, -0.05) is 6.08 Å². The quantitative estimate of drug-likeness (QED) is 0.260. The Morgan fingerprint density at radius 2 is 2.00 bits per heavy atom. The molecule has 0 aliphatic rings. The Morgan fingerprint density at radius 3 is 2.62 bits per heavy atom. The Labute approximate surface area is 125 Å². The fourth-order valence-corrected chi connectivity index (χ4v) is 1.56. The molecule has 6 nitrogen and oxygen atoms in total. The number of nitrogens with zero attached hydrogens (tertiary/aromatic N) is 1. The maximum Gasteiger partial charge on any atom is 0.251 e. The summed E-state index contributed by atoms with van der Waals surface area (Å²) >= 11 is 0. The van der Waals surface area contributed by atoms with Crippen LogP contribution in [-0.4, -0.2) is 43.2 Å². The van der Waals surface area contributed by atoms with Crippen molar-refractivity contribution in [2.45, 2.75) is 6.92 Å². The minimum absolute atomic E-state index is 0.139. The fraction of sp³-hybridized carbons (Fsp3) is 0.333. The van der Waals surface area contributed by atoms with Gasteiger partial charge in [-0.05, 0) is 31.2 Å². The Balaban J connectivity index is 2.38. The van der Waals surface area contributed by atoms with Gasteiger partial charge in [-0.25, -0.2) is 0 Å². The van der Waals surface area contributed by atoms with Crippen molar-refractivity contribution in [2.24, 2.45) is 4.99 Å². The van der Waals surface area contributed by atoms with Gasteiger partial charge < -0.3 is 21.1 Å². The molecule has 0 radical (unpaired) electrons. The van der Waals surface area contributed by atoms with E-state index in [1.54, 1.807) is 18.2 Å². The van der Waals surface area contributed by atoms with Crippen LogP contribution in [0.2, 0.25) is 0 Å². The zero-order chi connectivity index (χ0) is 15.5. The van der Waals surface area contributed by atoms with Crippen molar-refractivity contribution in [1.29, 1.82) is 0 Å². The normalized spacial score (nSPS) is 10.8. The van der Waals surface area contributed by atoms with Gasteiger partial charge >= 0.3 is 0 Å². The van der Waals surface area contributed by atoms with E-state index in [-0.39, 0.29) is 11.7 Å². The molecule has 0 bridgehead atoms. The Bertz CT molecular complexity index is 483. The van der Waals surface area contributed by atoms with Crippen LogP contribution in [-0.2, 0) is 0 Å². The van der Waals surface area contributed by atoms with Crippen LogP contribution in [0.1, 0.15) is 17.3 Å². The standard InChI is InChI=1S/C15H22N4O2/c1-3-9-18-15(16-4-2)19-11-10-17-14(21)12-5-7-13(20)8-6-12/h3,5-8,20H,1,4,9-11H2,2H3,(H,17,21)(H2,16,18,19). The van der Waals surface area contributed by atoms with Crippen molar-refractivity contribution in [1.82, 2.24) is 16.0 Å². The molecular formula is C15H22N4O2. The van der Waals surface area contributed by atoms with Crippen LogP contribution in [0.4, 0.5) is 0 Å². The van der Waals surface area contributed by atoms with Gasteiger partial charge in [-0.15, -0.1) is 6.58 Å². The second-order valence-electron chi connectivity index (χ2n) is 4.23. The molecule has 1 aromatic carbocycles. The molecule has 0 unspecified atom stereocenters. The van der Waals surface area contributed by atoms with Gasteiger partial charge in [-0.3, -0.25) is 9.79 Å². The van der Waals surface area contributed by atoms with Crippen molar-refractivity contribution in [3.05, 3.63) is 42.5 Å². The van der Waals surface area contributed by atoms with Crippen molar-refractivity contribution in [2.75, 3.05) is 26.2 Å². The zero-order valence-electron chi connectivity index (χ0n) is 12.2. The molecule has 1 aromatic rings. The third-order valence-corrected chi connectivity index (χ3v) is 2.55. The zero-order valence-corrected chi connectivity index (χ0v) is 12.2. The van der Waals surface area contributed by atoms with Crippen LogP contribution >= 0.6 is 0 Å². The second kappa shape index (κ2) is 9.41. The van der Waals surface area contributed by atoms with Gasteiger partial charge in [0.25, 0.3) is 5.91 Å². The SMILES string of the molecule is C=CCNC(=NCCNC(=O)c1ccc(O)cc1)NCC. The van der Waals surface area contributed by atoms with Crippen molar-refractivity contribution in [3.8, 4) is 5.75 Å². The average molecular weight is 290 g/mol. The van der Waals surface area contributed by atoms with E-state index in [9.17, 15) is 4.79 Å². The third kappa shape index (κ3) is 6.47. The van der Waals surface area contributed by atoms with Gasteiger partial charge in [0.2, 0.25) is 0 Å². The predicted octanol–water partition coefficient (Wildman–Crippen LogP) is 0.863. The molecule has 0 aliphatic heterocycles. The first-order valence-electron chi connectivity index (χ1n) is 6.87. The molecule has 114 valence electrons. The van der Waals surface area contributed by atoms with Gasteiger partial charge in [0.05, 0.1) is 6.54 Å². The molecule has 6 heteroatoms. The maximum atomic E-state index is 11.8. The number of phenols is 1. The summed E-state index contributed by atoms with van der Waals surface area (Å²) < 4.78 is 0. The Hall–Kier alpha value is -2.50. The molecule has 0 saturated carbocycles. The topological polar surface area (TPSA) is 85.8 Å². The summed E-state index contributed by atoms with van der Waals surface area (Å²) in [6.45, 7) is 7.92. The van der Waals surface area contributed by atoms with E-state index in [2.05, 4.69) is 27.5 Å². The summed E-state index contributed by atoms with van der Waals surface area (Å²) in [6, 6.07) is 6.11. The molecule has 1 amide bonds. The fourth-order valence-electron chi connectivity index (χ4n) is 1.56. The summed E-state index contributed by atoms with van der Waals surface area (Å²) in [4.78, 5) is 16.1. The highest BCUT2D eigenvalue weighted by Gasteiger charge is 2.04. The van der Waals surface area contributed by atoms with E-state index in [1.807, 2.05) is 6.92 Å². The molecule has 0 saturated heterocycles. The highest BCUT2D eigenvalue weighted by molar-refractivity contribution is 5.94. The number of rotatable bonds is 7. The lowest BCUT2D eigenvalue weighted by molar-refractivity contribution is 0.0955. The number of aromatic hydroxyl groups is 1. The van der Waals surface area contributed by atoms with Crippen molar-refractivity contribution < 1.29 is 9.90 Å². The maximum absolute atomic E-state index is 11.8. The first kappa shape index (κ1) is 16.6. The van der Waals surface area contributed by atoms with Crippen LogP contribution in [0, 0.1) is 0 Å². The lowest BCUT2D eigenvalue weighted by Gasteiger charge is -2.09. The molecule has 0 spiro atoms. The van der Waals surface area contributed by atoms with Crippen LogP contribution in [0.3, 0.4) is 0 Å². The Kier molecular flexibility index (Phi) is 7.42. The number of aliphatic imine (C=N–C) groups is 1. The summed E-state index contributed by atoms with van der Waals surface area (Å²) in [7, 11) is 0. The summed E-state index contributed by atoms with van der Waals surface area (Å²) in [6.07, 6.45) is 1.75. The largest absolute Gasteiger partial charge is 0.508 e. The van der Waals surface area contributed by atoms with Crippen LogP contribution < -0.4 is 16.0 Å². The van der Waals surface area contributed by atoms with Crippen LogP contribution in [0.5, 0.6) is 5.75 Å². The van der Waals surface area contributed by atoms with Gasteiger partial charge in [0, 0.05) is 25.2 Å². The molecular weight excluding hydrogens is 268 g/mol. The lowest BCUT2D eigenvalue weighted by atomic mass is 10.2. The van der Waals surface area contributed by atoms with Gasteiger partial charge in [0.1, 0.15) is 5.75 Å². The van der Waals surface area contributed by atoms with E-state index in [1.165, 1.54) is 12.1 Å². The van der Waals surface area contributed by atoms with Crippen molar-refractivity contribution in [3.63, 3.8) is 0 Å². The second-order valence-corrected chi connectivity index (χ2v) is 4.23. The lowest BCUT2D eigenvalue weighted by Crippen LogP contribution is -2.38. The van der Waals surface area contributed by atoms with E-state index < -0.39 is 0 Å². The smallest absolute Gasteiger partial charge is 0.251 e. The number of amides is 1. The molecule has 4 N–H and O–H groups in total. The number of benzene rings is 1. The van der Waals surface area contributed by atoms with E-state index in [0.29, 0.717) is 31.2 Å².